The molecule has 15 heavy (non-hydrogen) atoms. The van der Waals surface area contributed by atoms with Gasteiger partial charge in [-0.1, -0.05) is 20.8 Å². The second-order valence-electron chi connectivity index (χ2n) is 4.06. The molecule has 0 aliphatic carbocycles. The standard InChI is InChI=1S/C10H23NO3S/c1-5-8-15(12,13)11(6-7-14-4)9-10(2)3/h10H,5-9H2,1-4H3. The van der Waals surface area contributed by atoms with Crippen LogP contribution in [0.2, 0.25) is 0 Å². The molecular formula is C10H23NO3S. The summed E-state index contributed by atoms with van der Waals surface area (Å²) in [5, 5.41) is 0. The normalized spacial score (nSPS) is 12.7. The summed E-state index contributed by atoms with van der Waals surface area (Å²) >= 11 is 0. The van der Waals surface area contributed by atoms with Gasteiger partial charge >= 0.3 is 0 Å². The predicted molar refractivity (Wildman–Crippen MR) is 62.4 cm³/mol. The van der Waals surface area contributed by atoms with E-state index < -0.39 is 10.0 Å². The molecule has 0 saturated carbocycles. The highest BCUT2D eigenvalue weighted by molar-refractivity contribution is 7.89. The minimum atomic E-state index is -3.09. The number of hydrogen-bond donors (Lipinski definition) is 0. The topological polar surface area (TPSA) is 46.6 Å². The Morgan fingerprint density at radius 1 is 1.33 bits per heavy atom. The maximum atomic E-state index is 11.8. The van der Waals surface area contributed by atoms with Crippen LogP contribution < -0.4 is 0 Å². The van der Waals surface area contributed by atoms with Crippen LogP contribution in [0.5, 0.6) is 0 Å². The van der Waals surface area contributed by atoms with E-state index in [-0.39, 0.29) is 5.75 Å². The molecule has 0 unspecified atom stereocenters. The summed E-state index contributed by atoms with van der Waals surface area (Å²) in [7, 11) is -1.50. The quantitative estimate of drug-likeness (QED) is 0.640. The van der Waals surface area contributed by atoms with Crippen molar-refractivity contribution in [3.63, 3.8) is 0 Å². The number of rotatable bonds is 8. The fourth-order valence-corrected chi connectivity index (χ4v) is 2.98. The maximum absolute atomic E-state index is 11.8. The van der Waals surface area contributed by atoms with Gasteiger partial charge in [0.15, 0.2) is 0 Å². The second-order valence-corrected chi connectivity index (χ2v) is 6.15. The Bertz CT molecular complexity index is 249. The van der Waals surface area contributed by atoms with Crippen molar-refractivity contribution in [1.29, 1.82) is 0 Å². The lowest BCUT2D eigenvalue weighted by atomic mass is 10.2. The van der Waals surface area contributed by atoms with E-state index in [1.165, 1.54) is 4.31 Å². The number of methoxy groups -OCH3 is 1. The van der Waals surface area contributed by atoms with Gasteiger partial charge in [-0.05, 0) is 12.3 Å². The van der Waals surface area contributed by atoms with Crippen LogP contribution in [0.4, 0.5) is 0 Å². The predicted octanol–water partition coefficient (Wildman–Crippen LogP) is 1.33. The van der Waals surface area contributed by atoms with E-state index in [2.05, 4.69) is 0 Å². The monoisotopic (exact) mass is 237 g/mol. The van der Waals surface area contributed by atoms with Gasteiger partial charge in [-0.3, -0.25) is 0 Å². The zero-order valence-corrected chi connectivity index (χ0v) is 11.0. The summed E-state index contributed by atoms with van der Waals surface area (Å²) in [6.07, 6.45) is 0.657. The molecule has 0 fully saturated rings. The van der Waals surface area contributed by atoms with Crippen molar-refractivity contribution in [3.05, 3.63) is 0 Å². The molecule has 0 spiro atoms. The van der Waals surface area contributed by atoms with Crippen LogP contribution in [0.25, 0.3) is 0 Å². The summed E-state index contributed by atoms with van der Waals surface area (Å²) in [5.74, 6) is 0.567. The van der Waals surface area contributed by atoms with E-state index in [1.54, 1.807) is 7.11 Å². The lowest BCUT2D eigenvalue weighted by molar-refractivity contribution is 0.175. The highest BCUT2D eigenvalue weighted by Gasteiger charge is 2.21. The van der Waals surface area contributed by atoms with Gasteiger partial charge < -0.3 is 4.74 Å². The molecular weight excluding hydrogens is 214 g/mol. The van der Waals surface area contributed by atoms with Crippen molar-refractivity contribution in [2.75, 3.05) is 32.6 Å². The van der Waals surface area contributed by atoms with Crippen LogP contribution in [0.15, 0.2) is 0 Å². The Morgan fingerprint density at radius 2 is 1.93 bits per heavy atom. The van der Waals surface area contributed by atoms with Gasteiger partial charge in [0.25, 0.3) is 0 Å². The van der Waals surface area contributed by atoms with Crippen LogP contribution in [0.1, 0.15) is 27.2 Å². The first-order chi connectivity index (χ1) is 6.94. The van der Waals surface area contributed by atoms with Crippen molar-refractivity contribution < 1.29 is 13.2 Å². The Morgan fingerprint density at radius 3 is 2.33 bits per heavy atom. The fourth-order valence-electron chi connectivity index (χ4n) is 1.33. The smallest absolute Gasteiger partial charge is 0.214 e. The summed E-state index contributed by atoms with van der Waals surface area (Å²) < 4.78 is 30.1. The lowest BCUT2D eigenvalue weighted by Crippen LogP contribution is -2.38. The third-order valence-electron chi connectivity index (χ3n) is 1.97. The first kappa shape index (κ1) is 14.9. The Hall–Kier alpha value is -0.130. The Kier molecular flexibility index (Phi) is 7.13. The molecule has 0 aliphatic heterocycles. The van der Waals surface area contributed by atoms with Crippen molar-refractivity contribution >= 4 is 10.0 Å². The van der Waals surface area contributed by atoms with E-state index in [0.29, 0.717) is 32.0 Å². The molecule has 0 atom stereocenters. The van der Waals surface area contributed by atoms with Gasteiger partial charge in [-0.25, -0.2) is 8.42 Å². The summed E-state index contributed by atoms with van der Waals surface area (Å²) in [6.45, 7) is 7.39. The number of nitrogens with zero attached hydrogens (tertiary/aromatic N) is 1. The average Bonchev–Trinajstić information content (AvgIpc) is 2.11. The van der Waals surface area contributed by atoms with E-state index in [4.69, 9.17) is 4.74 Å². The van der Waals surface area contributed by atoms with Crippen molar-refractivity contribution in [3.8, 4) is 0 Å². The summed E-state index contributed by atoms with van der Waals surface area (Å²) in [4.78, 5) is 0. The zero-order valence-electron chi connectivity index (χ0n) is 10.2. The van der Waals surface area contributed by atoms with Crippen LogP contribution in [-0.4, -0.2) is 45.3 Å². The molecule has 0 heterocycles. The highest BCUT2D eigenvalue weighted by atomic mass is 32.2. The first-order valence-electron chi connectivity index (χ1n) is 5.40. The zero-order chi connectivity index (χ0) is 11.9. The van der Waals surface area contributed by atoms with Gasteiger partial charge in [0, 0.05) is 20.2 Å². The van der Waals surface area contributed by atoms with Gasteiger partial charge in [-0.15, -0.1) is 0 Å². The molecule has 5 heteroatoms. The second kappa shape index (κ2) is 7.19. The Balaban J connectivity index is 4.46. The minimum absolute atomic E-state index is 0.226. The molecule has 0 aliphatic rings. The molecule has 0 N–H and O–H groups in total. The molecule has 0 aromatic heterocycles. The summed E-state index contributed by atoms with van der Waals surface area (Å²) in [6, 6.07) is 0. The van der Waals surface area contributed by atoms with E-state index in [9.17, 15) is 8.42 Å². The number of sulfonamides is 1. The number of hydrogen-bond acceptors (Lipinski definition) is 3. The largest absolute Gasteiger partial charge is 0.383 e. The van der Waals surface area contributed by atoms with Crippen LogP contribution in [-0.2, 0) is 14.8 Å². The average molecular weight is 237 g/mol. The van der Waals surface area contributed by atoms with Gasteiger partial charge in [-0.2, -0.15) is 4.31 Å². The molecule has 4 nitrogen and oxygen atoms in total. The maximum Gasteiger partial charge on any atom is 0.214 e. The Labute approximate surface area is 93.7 Å². The van der Waals surface area contributed by atoms with E-state index in [0.717, 1.165) is 0 Å². The minimum Gasteiger partial charge on any atom is -0.383 e. The fraction of sp³-hybridized carbons (Fsp3) is 1.00. The van der Waals surface area contributed by atoms with Crippen LogP contribution in [0, 0.1) is 5.92 Å². The molecule has 0 aromatic rings. The third-order valence-corrected chi connectivity index (χ3v) is 4.01. The molecule has 0 bridgehead atoms. The first-order valence-corrected chi connectivity index (χ1v) is 7.01. The summed E-state index contributed by atoms with van der Waals surface area (Å²) in [5.41, 5.74) is 0. The SMILES string of the molecule is CCCS(=O)(=O)N(CCOC)CC(C)C. The third kappa shape index (κ3) is 6.12. The van der Waals surface area contributed by atoms with Crippen molar-refractivity contribution in [2.45, 2.75) is 27.2 Å². The molecule has 0 radical (unpaired) electrons. The number of ether oxygens (including phenoxy) is 1. The highest BCUT2D eigenvalue weighted by Crippen LogP contribution is 2.07. The van der Waals surface area contributed by atoms with E-state index in [1.807, 2.05) is 20.8 Å². The van der Waals surface area contributed by atoms with Crippen LogP contribution in [0.3, 0.4) is 0 Å². The van der Waals surface area contributed by atoms with Gasteiger partial charge in [0.05, 0.1) is 12.4 Å². The molecule has 0 aromatic carbocycles. The van der Waals surface area contributed by atoms with Crippen molar-refractivity contribution in [2.24, 2.45) is 5.92 Å². The van der Waals surface area contributed by atoms with Gasteiger partial charge in [0.2, 0.25) is 10.0 Å². The lowest BCUT2D eigenvalue weighted by Gasteiger charge is -2.23. The molecule has 0 saturated heterocycles. The van der Waals surface area contributed by atoms with E-state index >= 15 is 0 Å². The molecule has 0 amide bonds. The molecule has 92 valence electrons. The van der Waals surface area contributed by atoms with Crippen LogP contribution >= 0.6 is 0 Å². The van der Waals surface area contributed by atoms with Gasteiger partial charge in [0.1, 0.15) is 0 Å². The molecule has 0 rings (SSSR count). The van der Waals surface area contributed by atoms with Crippen molar-refractivity contribution in [1.82, 2.24) is 4.31 Å².